The number of fused-ring (bicyclic) bond motifs is 1. The average Bonchev–Trinajstić information content (AvgIpc) is 3.29. The molecule has 1 aliphatic carbocycles. The molecule has 35 heavy (non-hydrogen) atoms. The van der Waals surface area contributed by atoms with Crippen molar-refractivity contribution >= 4 is 17.5 Å². The monoisotopic (exact) mass is 487 g/mol. The Kier molecular flexibility index (Phi) is 6.65. The van der Waals surface area contributed by atoms with Crippen LogP contribution in [-0.4, -0.2) is 16.8 Å². The van der Waals surface area contributed by atoms with E-state index < -0.39 is 11.6 Å². The quantitative estimate of drug-likeness (QED) is 0.286. The van der Waals surface area contributed by atoms with Gasteiger partial charge in [0.25, 0.3) is 0 Å². The molecule has 2 nitrogen and oxygen atoms in total. The van der Waals surface area contributed by atoms with Crippen molar-refractivity contribution in [2.75, 3.05) is 0 Å². The fraction of sp³-hybridized carbons (Fsp3) is 0.167. The van der Waals surface area contributed by atoms with Crippen LogP contribution in [0.5, 0.6) is 0 Å². The number of carbonyl (C=O) groups excluding carboxylic acids is 1. The van der Waals surface area contributed by atoms with Crippen LogP contribution in [0, 0.1) is 11.6 Å². The minimum atomic E-state index is -0.911. The zero-order valence-electron chi connectivity index (χ0n) is 19.1. The van der Waals surface area contributed by atoms with Crippen LogP contribution in [0.4, 0.5) is 8.78 Å². The Balaban J connectivity index is 1.47. The Hall–Kier alpha value is -3.50. The highest BCUT2D eigenvalue weighted by Crippen LogP contribution is 2.30. The third-order valence-corrected chi connectivity index (χ3v) is 6.86. The lowest BCUT2D eigenvalue weighted by Crippen LogP contribution is -2.41. The second-order valence-electron chi connectivity index (χ2n) is 8.95. The molecule has 1 aliphatic rings. The lowest BCUT2D eigenvalue weighted by Gasteiger charge is -2.30. The van der Waals surface area contributed by atoms with Crippen LogP contribution in [0.2, 0.25) is 5.02 Å². The molecule has 0 saturated carbocycles. The molecule has 0 saturated heterocycles. The van der Waals surface area contributed by atoms with E-state index >= 15 is 0 Å². The third kappa shape index (κ3) is 5.13. The van der Waals surface area contributed by atoms with E-state index in [2.05, 4.69) is 12.1 Å². The van der Waals surface area contributed by atoms with Crippen molar-refractivity contribution in [3.63, 3.8) is 0 Å². The summed E-state index contributed by atoms with van der Waals surface area (Å²) in [6.07, 6.45) is 1.61. The summed E-state index contributed by atoms with van der Waals surface area (Å²) in [5.74, 6) is -1.89. The lowest BCUT2D eigenvalue weighted by atomic mass is 9.97. The first-order chi connectivity index (χ1) is 17.0. The summed E-state index contributed by atoms with van der Waals surface area (Å²) in [6.45, 7) is 0.204. The predicted molar refractivity (Wildman–Crippen MR) is 135 cm³/mol. The Morgan fingerprint density at radius 3 is 2.20 bits per heavy atom. The van der Waals surface area contributed by atoms with Crippen molar-refractivity contribution in [2.45, 2.75) is 31.8 Å². The molecule has 176 valence electrons. The van der Waals surface area contributed by atoms with Crippen LogP contribution < -0.4 is 0 Å². The largest absolute Gasteiger partial charge is 0.334 e. The van der Waals surface area contributed by atoms with Crippen molar-refractivity contribution in [1.82, 2.24) is 4.90 Å². The minimum Gasteiger partial charge on any atom is -0.334 e. The van der Waals surface area contributed by atoms with Crippen molar-refractivity contribution < 1.29 is 13.6 Å². The molecule has 0 aromatic heterocycles. The Labute approximate surface area is 208 Å². The first kappa shape index (κ1) is 23.3. The van der Waals surface area contributed by atoms with Crippen LogP contribution in [0.25, 0.3) is 11.1 Å². The summed E-state index contributed by atoms with van der Waals surface area (Å²) in [4.78, 5) is 15.6. The molecule has 0 N–H and O–H groups in total. The van der Waals surface area contributed by atoms with Gasteiger partial charge in [0.2, 0.25) is 5.91 Å². The fourth-order valence-corrected chi connectivity index (χ4v) is 5.08. The molecule has 5 heteroatoms. The van der Waals surface area contributed by atoms with E-state index in [4.69, 9.17) is 11.6 Å². The lowest BCUT2D eigenvalue weighted by molar-refractivity contribution is -0.133. The summed E-state index contributed by atoms with van der Waals surface area (Å²) in [5.41, 5.74) is 5.78. The second kappa shape index (κ2) is 10.0. The van der Waals surface area contributed by atoms with E-state index in [1.807, 2.05) is 65.6 Å². The van der Waals surface area contributed by atoms with Crippen LogP contribution in [0.3, 0.4) is 0 Å². The van der Waals surface area contributed by atoms with Gasteiger partial charge < -0.3 is 4.90 Å². The van der Waals surface area contributed by atoms with Gasteiger partial charge in [-0.25, -0.2) is 8.78 Å². The zero-order chi connectivity index (χ0) is 24.4. The number of benzene rings is 4. The predicted octanol–water partition coefficient (Wildman–Crippen LogP) is 7.02. The fourth-order valence-electron chi connectivity index (χ4n) is 4.88. The normalized spacial score (nSPS) is 13.0. The summed E-state index contributed by atoms with van der Waals surface area (Å²) in [7, 11) is 0. The second-order valence-corrected chi connectivity index (χ2v) is 9.38. The highest BCUT2D eigenvalue weighted by Gasteiger charge is 2.30. The summed E-state index contributed by atoms with van der Waals surface area (Å²) in [6, 6.07) is 27.4. The zero-order valence-corrected chi connectivity index (χ0v) is 19.8. The number of amides is 1. The van der Waals surface area contributed by atoms with Crippen LogP contribution >= 0.6 is 11.6 Å². The van der Waals surface area contributed by atoms with Crippen LogP contribution in [-0.2, 0) is 30.6 Å². The number of carbonyl (C=O) groups is 1. The van der Waals surface area contributed by atoms with Crippen molar-refractivity contribution in [2.24, 2.45) is 0 Å². The molecule has 5 rings (SSSR count). The van der Waals surface area contributed by atoms with Gasteiger partial charge in [-0.2, -0.15) is 0 Å². The van der Waals surface area contributed by atoms with Crippen LogP contribution in [0.1, 0.15) is 22.3 Å². The molecule has 1 amide bonds. The van der Waals surface area contributed by atoms with Gasteiger partial charge in [0.1, 0.15) is 0 Å². The summed E-state index contributed by atoms with van der Waals surface area (Å²) < 4.78 is 27.5. The topological polar surface area (TPSA) is 20.3 Å². The van der Waals surface area contributed by atoms with Gasteiger partial charge >= 0.3 is 0 Å². The molecule has 4 aromatic carbocycles. The molecule has 0 bridgehead atoms. The summed E-state index contributed by atoms with van der Waals surface area (Å²) >= 11 is 6.32. The number of halogens is 3. The van der Waals surface area contributed by atoms with Crippen molar-refractivity contribution in [3.8, 4) is 11.1 Å². The smallest absolute Gasteiger partial charge is 0.227 e. The maximum absolute atomic E-state index is 14.0. The van der Waals surface area contributed by atoms with Gasteiger partial charge in [0.05, 0.1) is 6.42 Å². The molecule has 0 unspecified atom stereocenters. The van der Waals surface area contributed by atoms with E-state index in [1.165, 1.54) is 23.3 Å². The van der Waals surface area contributed by atoms with E-state index in [-0.39, 0.29) is 24.9 Å². The standard InChI is InChI=1S/C30H24ClF2NO/c31-25-11-12-27(21-6-2-1-3-7-21)24(15-25)18-30(35)34(19-20-10-13-28(32)29(33)14-20)26-16-22-8-4-5-9-23(22)17-26/h1-15,26H,16-19H2. The molecule has 0 atom stereocenters. The molecule has 0 fully saturated rings. The molecule has 0 heterocycles. The SMILES string of the molecule is O=C(Cc1cc(Cl)ccc1-c1ccccc1)N(Cc1ccc(F)c(F)c1)C1Cc2ccccc2C1. The highest BCUT2D eigenvalue weighted by atomic mass is 35.5. The number of hydrogen-bond acceptors (Lipinski definition) is 1. The van der Waals surface area contributed by atoms with E-state index in [0.29, 0.717) is 10.6 Å². The van der Waals surface area contributed by atoms with Gasteiger partial charge in [0, 0.05) is 17.6 Å². The van der Waals surface area contributed by atoms with Gasteiger partial charge in [-0.1, -0.05) is 78.3 Å². The van der Waals surface area contributed by atoms with Gasteiger partial charge in [-0.05, 0) is 70.5 Å². The van der Waals surface area contributed by atoms with Crippen LogP contribution in [0.15, 0.2) is 91.0 Å². The molecular weight excluding hydrogens is 464 g/mol. The number of hydrogen-bond donors (Lipinski definition) is 0. The Bertz CT molecular complexity index is 1350. The van der Waals surface area contributed by atoms with E-state index in [1.54, 1.807) is 0 Å². The Morgan fingerprint density at radius 2 is 1.51 bits per heavy atom. The summed E-state index contributed by atoms with van der Waals surface area (Å²) in [5, 5.41) is 0.563. The molecule has 0 aliphatic heterocycles. The van der Waals surface area contributed by atoms with Crippen molar-refractivity contribution in [1.29, 1.82) is 0 Å². The molecule has 0 spiro atoms. The maximum atomic E-state index is 14.0. The molecule has 0 radical (unpaired) electrons. The maximum Gasteiger partial charge on any atom is 0.227 e. The van der Waals surface area contributed by atoms with E-state index in [9.17, 15) is 13.6 Å². The number of nitrogens with zero attached hydrogens (tertiary/aromatic N) is 1. The Morgan fingerprint density at radius 1 is 0.829 bits per heavy atom. The minimum absolute atomic E-state index is 0.0626. The van der Waals surface area contributed by atoms with Gasteiger partial charge in [0.15, 0.2) is 11.6 Å². The van der Waals surface area contributed by atoms with Gasteiger partial charge in [-0.15, -0.1) is 0 Å². The highest BCUT2D eigenvalue weighted by molar-refractivity contribution is 6.30. The van der Waals surface area contributed by atoms with E-state index in [0.717, 1.165) is 35.6 Å². The average molecular weight is 488 g/mol. The molecular formula is C30H24ClF2NO. The van der Waals surface area contributed by atoms with Crippen molar-refractivity contribution in [3.05, 3.63) is 130 Å². The molecule has 4 aromatic rings. The first-order valence-corrected chi connectivity index (χ1v) is 12.0. The number of rotatable bonds is 6. The third-order valence-electron chi connectivity index (χ3n) is 6.62. The first-order valence-electron chi connectivity index (χ1n) is 11.6. The van der Waals surface area contributed by atoms with Gasteiger partial charge in [-0.3, -0.25) is 4.79 Å².